The molecule has 1 aliphatic heterocycles. The molecule has 0 saturated carbocycles. The lowest BCUT2D eigenvalue weighted by molar-refractivity contribution is 0.192. The average molecular weight is 296 g/mol. The quantitative estimate of drug-likeness (QED) is 0.913. The molecule has 2 N–H and O–H groups in total. The summed E-state index contributed by atoms with van der Waals surface area (Å²) in [5.41, 5.74) is 9.60. The number of likely N-dealkylation sites (N-methyl/N-ethyl adjacent to an activating group) is 1. The largest absolute Gasteiger partial charge is 0.329 e. The number of hydrogen-bond donors (Lipinski definition) is 1. The second kappa shape index (κ2) is 5.84. The van der Waals surface area contributed by atoms with Gasteiger partial charge in [0.2, 0.25) is 0 Å². The highest BCUT2D eigenvalue weighted by Crippen LogP contribution is 2.28. The van der Waals surface area contributed by atoms with Gasteiger partial charge >= 0.3 is 0 Å². The SMILES string of the molecule is Cc1ccc(C(CN)N(C)C2CCS(=O)(=O)C2)c(C)c1. The van der Waals surface area contributed by atoms with E-state index in [2.05, 4.69) is 36.9 Å². The van der Waals surface area contributed by atoms with Gasteiger partial charge in [0.15, 0.2) is 9.84 Å². The van der Waals surface area contributed by atoms with Crippen molar-refractivity contribution in [1.82, 2.24) is 4.90 Å². The molecule has 0 aromatic heterocycles. The van der Waals surface area contributed by atoms with Gasteiger partial charge in [-0.25, -0.2) is 8.42 Å². The second-order valence-electron chi connectivity index (χ2n) is 5.83. The van der Waals surface area contributed by atoms with Gasteiger partial charge in [-0.1, -0.05) is 23.8 Å². The second-order valence-corrected chi connectivity index (χ2v) is 8.06. The normalized spacial score (nSPS) is 23.1. The van der Waals surface area contributed by atoms with Gasteiger partial charge in [0, 0.05) is 18.6 Å². The molecule has 0 spiro atoms. The molecular formula is C15H24N2O2S. The minimum Gasteiger partial charge on any atom is -0.329 e. The first-order valence-corrected chi connectivity index (χ1v) is 8.86. The molecule has 0 aliphatic carbocycles. The third-order valence-electron chi connectivity index (χ3n) is 4.28. The van der Waals surface area contributed by atoms with E-state index >= 15 is 0 Å². The average Bonchev–Trinajstić information content (AvgIpc) is 2.73. The van der Waals surface area contributed by atoms with Crippen LogP contribution in [0, 0.1) is 13.8 Å². The number of sulfone groups is 1. The van der Waals surface area contributed by atoms with Gasteiger partial charge in [0.25, 0.3) is 0 Å². The monoisotopic (exact) mass is 296 g/mol. The highest BCUT2D eigenvalue weighted by atomic mass is 32.2. The van der Waals surface area contributed by atoms with E-state index in [1.54, 1.807) is 0 Å². The molecular weight excluding hydrogens is 272 g/mol. The number of nitrogens with zero attached hydrogens (tertiary/aromatic N) is 1. The van der Waals surface area contributed by atoms with E-state index < -0.39 is 9.84 Å². The topological polar surface area (TPSA) is 63.4 Å². The number of nitrogens with two attached hydrogens (primary N) is 1. The maximum absolute atomic E-state index is 11.6. The van der Waals surface area contributed by atoms with Crippen LogP contribution in [0.1, 0.15) is 29.2 Å². The molecule has 0 bridgehead atoms. The number of aryl methyl sites for hydroxylation is 2. The zero-order valence-electron chi connectivity index (χ0n) is 12.5. The van der Waals surface area contributed by atoms with Crippen LogP contribution in [0.25, 0.3) is 0 Å². The van der Waals surface area contributed by atoms with Crippen molar-refractivity contribution in [2.45, 2.75) is 32.4 Å². The molecule has 1 saturated heterocycles. The zero-order chi connectivity index (χ0) is 14.9. The van der Waals surface area contributed by atoms with Crippen LogP contribution in [0.4, 0.5) is 0 Å². The fourth-order valence-electron chi connectivity index (χ4n) is 3.06. The number of hydrogen-bond acceptors (Lipinski definition) is 4. The first-order chi connectivity index (χ1) is 9.34. The molecule has 1 fully saturated rings. The Labute approximate surface area is 121 Å². The summed E-state index contributed by atoms with van der Waals surface area (Å²) in [6, 6.07) is 6.51. The zero-order valence-corrected chi connectivity index (χ0v) is 13.3. The van der Waals surface area contributed by atoms with Crippen LogP contribution in [-0.4, -0.2) is 44.5 Å². The smallest absolute Gasteiger partial charge is 0.151 e. The number of rotatable bonds is 4. The third-order valence-corrected chi connectivity index (χ3v) is 6.03. The lowest BCUT2D eigenvalue weighted by atomic mass is 9.97. The van der Waals surface area contributed by atoms with Crippen molar-refractivity contribution in [3.8, 4) is 0 Å². The van der Waals surface area contributed by atoms with E-state index in [0.717, 1.165) is 0 Å². The van der Waals surface area contributed by atoms with Crippen molar-refractivity contribution in [2.24, 2.45) is 5.73 Å². The first kappa shape index (κ1) is 15.5. The predicted octanol–water partition coefficient (Wildman–Crippen LogP) is 1.42. The van der Waals surface area contributed by atoms with Crippen molar-refractivity contribution in [3.63, 3.8) is 0 Å². The Morgan fingerprint density at radius 3 is 2.60 bits per heavy atom. The van der Waals surface area contributed by atoms with Crippen molar-refractivity contribution in [1.29, 1.82) is 0 Å². The standard InChI is InChI=1S/C15H24N2O2S/c1-11-4-5-14(12(2)8-11)15(9-16)17(3)13-6-7-20(18,19)10-13/h4-5,8,13,15H,6-7,9-10,16H2,1-3H3. The Kier molecular flexibility index (Phi) is 4.52. The summed E-state index contributed by atoms with van der Waals surface area (Å²) in [5.74, 6) is 0.553. The molecule has 1 aliphatic rings. The lowest BCUT2D eigenvalue weighted by Gasteiger charge is -2.33. The van der Waals surface area contributed by atoms with Gasteiger partial charge < -0.3 is 5.73 Å². The minimum absolute atomic E-state index is 0.0777. The van der Waals surface area contributed by atoms with E-state index in [9.17, 15) is 8.42 Å². The van der Waals surface area contributed by atoms with E-state index in [1.807, 2.05) is 7.05 Å². The molecule has 1 heterocycles. The van der Waals surface area contributed by atoms with Crippen molar-refractivity contribution >= 4 is 9.84 Å². The van der Waals surface area contributed by atoms with Gasteiger partial charge in [-0.3, -0.25) is 4.90 Å². The molecule has 20 heavy (non-hydrogen) atoms. The van der Waals surface area contributed by atoms with Gasteiger partial charge in [-0.15, -0.1) is 0 Å². The third kappa shape index (κ3) is 3.22. The van der Waals surface area contributed by atoms with Crippen molar-refractivity contribution in [3.05, 3.63) is 34.9 Å². The molecule has 2 rings (SSSR count). The fourth-order valence-corrected chi connectivity index (χ4v) is 4.85. The van der Waals surface area contributed by atoms with Crippen molar-refractivity contribution in [2.75, 3.05) is 25.1 Å². The van der Waals surface area contributed by atoms with Crippen LogP contribution in [0.15, 0.2) is 18.2 Å². The highest BCUT2D eigenvalue weighted by Gasteiger charge is 2.33. The molecule has 1 aromatic carbocycles. The Bertz CT molecular complexity index is 584. The maximum Gasteiger partial charge on any atom is 0.151 e. The molecule has 0 radical (unpaired) electrons. The summed E-state index contributed by atoms with van der Waals surface area (Å²) < 4.78 is 23.3. The lowest BCUT2D eigenvalue weighted by Crippen LogP contribution is -2.39. The summed E-state index contributed by atoms with van der Waals surface area (Å²) >= 11 is 0. The van der Waals surface area contributed by atoms with Crippen LogP contribution < -0.4 is 5.73 Å². The molecule has 0 amide bonds. The summed E-state index contributed by atoms with van der Waals surface area (Å²) in [7, 11) is -0.875. The van der Waals surface area contributed by atoms with Crippen LogP contribution in [0.2, 0.25) is 0 Å². The van der Waals surface area contributed by atoms with Crippen LogP contribution in [-0.2, 0) is 9.84 Å². The van der Waals surface area contributed by atoms with Gasteiger partial charge in [-0.05, 0) is 38.4 Å². The van der Waals surface area contributed by atoms with Crippen LogP contribution in [0.5, 0.6) is 0 Å². The van der Waals surface area contributed by atoms with E-state index in [-0.39, 0.29) is 17.8 Å². The Balaban J connectivity index is 2.23. The van der Waals surface area contributed by atoms with Crippen LogP contribution >= 0.6 is 0 Å². The highest BCUT2D eigenvalue weighted by molar-refractivity contribution is 7.91. The molecule has 1 aromatic rings. The Hall–Kier alpha value is -0.910. The molecule has 5 heteroatoms. The van der Waals surface area contributed by atoms with Crippen molar-refractivity contribution < 1.29 is 8.42 Å². The fraction of sp³-hybridized carbons (Fsp3) is 0.600. The van der Waals surface area contributed by atoms with E-state index in [1.165, 1.54) is 16.7 Å². The van der Waals surface area contributed by atoms with Gasteiger partial charge in [-0.2, -0.15) is 0 Å². The maximum atomic E-state index is 11.6. The predicted molar refractivity (Wildman–Crippen MR) is 82.5 cm³/mol. The van der Waals surface area contributed by atoms with E-state index in [0.29, 0.717) is 18.7 Å². The Morgan fingerprint density at radius 1 is 1.40 bits per heavy atom. The van der Waals surface area contributed by atoms with E-state index in [4.69, 9.17) is 5.73 Å². The molecule has 4 nitrogen and oxygen atoms in total. The summed E-state index contributed by atoms with van der Waals surface area (Å²) in [4.78, 5) is 2.14. The number of benzene rings is 1. The van der Waals surface area contributed by atoms with Gasteiger partial charge in [0.1, 0.15) is 0 Å². The van der Waals surface area contributed by atoms with Crippen LogP contribution in [0.3, 0.4) is 0 Å². The molecule has 2 atom stereocenters. The first-order valence-electron chi connectivity index (χ1n) is 7.03. The molecule has 112 valence electrons. The summed E-state index contributed by atoms with van der Waals surface area (Å²) in [5, 5.41) is 0. The minimum atomic E-state index is -2.86. The Morgan fingerprint density at radius 2 is 2.10 bits per heavy atom. The summed E-state index contributed by atoms with van der Waals surface area (Å²) in [6.45, 7) is 4.66. The molecule has 2 unspecified atom stereocenters. The summed E-state index contributed by atoms with van der Waals surface area (Å²) in [6.07, 6.45) is 0.709. The van der Waals surface area contributed by atoms with Gasteiger partial charge in [0.05, 0.1) is 11.5 Å².